The van der Waals surface area contributed by atoms with Crippen molar-refractivity contribution >= 4 is 17.6 Å². The molecule has 0 saturated carbocycles. The van der Waals surface area contributed by atoms with E-state index in [2.05, 4.69) is 4.99 Å². The minimum atomic E-state index is -0.501. The molecular formula is C16H16N2O3. The minimum Gasteiger partial charge on any atom is -0.507 e. The molecule has 0 saturated heterocycles. The normalized spacial score (nSPS) is 11.0. The van der Waals surface area contributed by atoms with Crippen LogP contribution >= 0.6 is 0 Å². The highest BCUT2D eigenvalue weighted by molar-refractivity contribution is 5.87. The molecular weight excluding hydrogens is 268 g/mol. The molecule has 2 rings (SSSR count). The van der Waals surface area contributed by atoms with Crippen molar-refractivity contribution in [1.29, 1.82) is 0 Å². The van der Waals surface area contributed by atoms with Gasteiger partial charge in [-0.2, -0.15) is 0 Å². The van der Waals surface area contributed by atoms with Gasteiger partial charge in [-0.3, -0.25) is 15.1 Å². The van der Waals surface area contributed by atoms with Crippen LogP contribution in [0.3, 0.4) is 0 Å². The lowest BCUT2D eigenvalue weighted by Gasteiger charge is -2.06. The first-order valence-electron chi connectivity index (χ1n) is 6.48. The summed E-state index contributed by atoms with van der Waals surface area (Å²) >= 11 is 0. The molecule has 0 atom stereocenters. The van der Waals surface area contributed by atoms with E-state index in [0.717, 1.165) is 22.4 Å². The highest BCUT2D eigenvalue weighted by atomic mass is 16.6. The molecule has 0 aliphatic heterocycles. The SMILES string of the molecule is Cc1cc(C)c(/N=C/c2cc([N+](=O)[O-])ccc2O)c(C)c1. The first-order chi connectivity index (χ1) is 9.88. The van der Waals surface area contributed by atoms with Crippen LogP contribution in [0.25, 0.3) is 0 Å². The van der Waals surface area contributed by atoms with Crippen LogP contribution in [-0.2, 0) is 0 Å². The molecule has 0 fully saturated rings. The average molecular weight is 284 g/mol. The summed E-state index contributed by atoms with van der Waals surface area (Å²) in [6.45, 7) is 5.93. The summed E-state index contributed by atoms with van der Waals surface area (Å²) in [4.78, 5) is 14.6. The van der Waals surface area contributed by atoms with Gasteiger partial charge in [-0.05, 0) is 38.0 Å². The third-order valence-corrected chi connectivity index (χ3v) is 3.19. The molecule has 0 spiro atoms. The molecule has 108 valence electrons. The van der Waals surface area contributed by atoms with Crippen molar-refractivity contribution in [3.05, 3.63) is 62.7 Å². The quantitative estimate of drug-likeness (QED) is 0.526. The lowest BCUT2D eigenvalue weighted by Crippen LogP contribution is -1.91. The fourth-order valence-electron chi connectivity index (χ4n) is 2.27. The number of non-ortho nitro benzene ring substituents is 1. The average Bonchev–Trinajstić information content (AvgIpc) is 2.39. The van der Waals surface area contributed by atoms with E-state index in [-0.39, 0.29) is 11.4 Å². The number of hydrogen-bond acceptors (Lipinski definition) is 4. The largest absolute Gasteiger partial charge is 0.507 e. The number of phenolic OH excluding ortho intramolecular Hbond substituents is 1. The standard InChI is InChI=1S/C16H16N2O3/c1-10-6-11(2)16(12(3)7-10)17-9-13-8-14(18(20)21)4-5-15(13)19/h4-9,19H,1-3H3/b17-9+. The fraction of sp³-hybridized carbons (Fsp3) is 0.188. The fourth-order valence-corrected chi connectivity index (χ4v) is 2.27. The summed E-state index contributed by atoms with van der Waals surface area (Å²) in [5.41, 5.74) is 4.26. The van der Waals surface area contributed by atoms with Crippen molar-refractivity contribution in [2.24, 2.45) is 4.99 Å². The van der Waals surface area contributed by atoms with Gasteiger partial charge < -0.3 is 5.11 Å². The Labute approximate surface area is 122 Å². The summed E-state index contributed by atoms with van der Waals surface area (Å²) in [5.74, 6) is -0.0354. The maximum atomic E-state index is 10.8. The number of aryl methyl sites for hydroxylation is 3. The van der Waals surface area contributed by atoms with E-state index < -0.39 is 4.92 Å². The molecule has 0 amide bonds. The molecule has 21 heavy (non-hydrogen) atoms. The molecule has 0 bridgehead atoms. The van der Waals surface area contributed by atoms with Gasteiger partial charge in [0.25, 0.3) is 5.69 Å². The lowest BCUT2D eigenvalue weighted by atomic mass is 10.1. The maximum Gasteiger partial charge on any atom is 0.270 e. The van der Waals surface area contributed by atoms with Gasteiger partial charge in [0, 0.05) is 23.9 Å². The van der Waals surface area contributed by atoms with Gasteiger partial charge >= 0.3 is 0 Å². The zero-order valence-corrected chi connectivity index (χ0v) is 12.1. The van der Waals surface area contributed by atoms with E-state index in [1.165, 1.54) is 24.4 Å². The van der Waals surface area contributed by atoms with Crippen LogP contribution in [0.2, 0.25) is 0 Å². The van der Waals surface area contributed by atoms with Crippen molar-refractivity contribution in [2.45, 2.75) is 20.8 Å². The number of hydrogen-bond donors (Lipinski definition) is 1. The number of nitrogens with zero attached hydrogens (tertiary/aromatic N) is 2. The van der Waals surface area contributed by atoms with Crippen molar-refractivity contribution in [3.8, 4) is 5.75 Å². The molecule has 5 heteroatoms. The molecule has 0 aromatic heterocycles. The van der Waals surface area contributed by atoms with Crippen LogP contribution in [0.1, 0.15) is 22.3 Å². The second-order valence-electron chi connectivity index (χ2n) is 5.01. The van der Waals surface area contributed by atoms with Gasteiger partial charge in [0.05, 0.1) is 10.6 Å². The van der Waals surface area contributed by atoms with Gasteiger partial charge in [-0.25, -0.2) is 0 Å². The third kappa shape index (κ3) is 3.25. The number of benzene rings is 2. The molecule has 1 N–H and O–H groups in total. The maximum absolute atomic E-state index is 10.8. The summed E-state index contributed by atoms with van der Waals surface area (Å²) in [6, 6.07) is 7.90. The van der Waals surface area contributed by atoms with E-state index in [0.29, 0.717) is 5.56 Å². The number of phenols is 1. The topological polar surface area (TPSA) is 75.7 Å². The Bertz CT molecular complexity index is 713. The second-order valence-corrected chi connectivity index (χ2v) is 5.01. The molecule has 0 radical (unpaired) electrons. The Balaban J connectivity index is 2.42. The molecule has 2 aromatic carbocycles. The Morgan fingerprint density at radius 1 is 1.14 bits per heavy atom. The minimum absolute atomic E-state index is 0.0354. The smallest absolute Gasteiger partial charge is 0.270 e. The number of nitro benzene ring substituents is 1. The van der Waals surface area contributed by atoms with Gasteiger partial charge in [0.1, 0.15) is 5.75 Å². The van der Waals surface area contributed by atoms with Crippen molar-refractivity contribution in [1.82, 2.24) is 0 Å². The van der Waals surface area contributed by atoms with E-state index in [4.69, 9.17) is 0 Å². The van der Waals surface area contributed by atoms with Gasteiger partial charge in [0.2, 0.25) is 0 Å². The highest BCUT2D eigenvalue weighted by Crippen LogP contribution is 2.26. The third-order valence-electron chi connectivity index (χ3n) is 3.19. The number of aromatic hydroxyl groups is 1. The molecule has 2 aromatic rings. The summed E-state index contributed by atoms with van der Waals surface area (Å²) in [7, 11) is 0. The summed E-state index contributed by atoms with van der Waals surface area (Å²) in [6.07, 6.45) is 1.45. The van der Waals surface area contributed by atoms with Crippen LogP contribution in [0, 0.1) is 30.9 Å². The van der Waals surface area contributed by atoms with E-state index in [1.807, 2.05) is 32.9 Å². The van der Waals surface area contributed by atoms with Gasteiger partial charge in [-0.1, -0.05) is 17.7 Å². The van der Waals surface area contributed by atoms with Crippen molar-refractivity contribution < 1.29 is 10.0 Å². The van der Waals surface area contributed by atoms with E-state index in [9.17, 15) is 15.2 Å². The Morgan fingerprint density at radius 2 is 1.76 bits per heavy atom. The van der Waals surface area contributed by atoms with Crippen molar-refractivity contribution in [3.63, 3.8) is 0 Å². The molecule has 0 aliphatic carbocycles. The summed E-state index contributed by atoms with van der Waals surface area (Å²) in [5, 5.41) is 20.5. The number of aliphatic imine (C=N–C) groups is 1. The highest BCUT2D eigenvalue weighted by Gasteiger charge is 2.09. The number of rotatable bonds is 3. The van der Waals surface area contributed by atoms with Crippen LogP contribution < -0.4 is 0 Å². The first-order valence-corrected chi connectivity index (χ1v) is 6.48. The van der Waals surface area contributed by atoms with E-state index in [1.54, 1.807) is 0 Å². The Hall–Kier alpha value is -2.69. The zero-order valence-electron chi connectivity index (χ0n) is 12.1. The first kappa shape index (κ1) is 14.7. The Kier molecular flexibility index (Phi) is 4.03. The monoisotopic (exact) mass is 284 g/mol. The van der Waals surface area contributed by atoms with Crippen LogP contribution in [0.15, 0.2) is 35.3 Å². The van der Waals surface area contributed by atoms with Gasteiger partial charge in [-0.15, -0.1) is 0 Å². The van der Waals surface area contributed by atoms with Crippen LogP contribution in [0.4, 0.5) is 11.4 Å². The Morgan fingerprint density at radius 3 is 2.33 bits per heavy atom. The molecule has 0 heterocycles. The van der Waals surface area contributed by atoms with Crippen molar-refractivity contribution in [2.75, 3.05) is 0 Å². The molecule has 5 nitrogen and oxygen atoms in total. The second kappa shape index (κ2) is 5.75. The molecule has 0 unspecified atom stereocenters. The van der Waals surface area contributed by atoms with Crippen LogP contribution in [-0.4, -0.2) is 16.2 Å². The summed E-state index contributed by atoms with van der Waals surface area (Å²) < 4.78 is 0. The number of nitro groups is 1. The molecule has 0 aliphatic rings. The van der Waals surface area contributed by atoms with Crippen LogP contribution in [0.5, 0.6) is 5.75 Å². The zero-order chi connectivity index (χ0) is 15.6. The van der Waals surface area contributed by atoms with E-state index >= 15 is 0 Å². The predicted molar refractivity (Wildman–Crippen MR) is 82.7 cm³/mol. The predicted octanol–water partition coefficient (Wildman–Crippen LogP) is 3.98. The van der Waals surface area contributed by atoms with Gasteiger partial charge in [0.15, 0.2) is 0 Å². The lowest BCUT2D eigenvalue weighted by molar-refractivity contribution is -0.384.